The minimum atomic E-state index is -3.46. The number of nitrogens with zero attached hydrogens (tertiary/aromatic N) is 4. The van der Waals surface area contributed by atoms with Gasteiger partial charge in [0.25, 0.3) is 0 Å². The van der Waals surface area contributed by atoms with Crippen LogP contribution in [-0.2, 0) is 10.0 Å². The van der Waals surface area contributed by atoms with Crippen LogP contribution in [0.25, 0.3) is 0 Å². The summed E-state index contributed by atoms with van der Waals surface area (Å²) in [5.74, 6) is 1.56. The summed E-state index contributed by atoms with van der Waals surface area (Å²) < 4.78 is 27.5. The molecule has 0 atom stereocenters. The topological polar surface area (TPSA) is 78.4 Å². The van der Waals surface area contributed by atoms with Crippen LogP contribution in [0.3, 0.4) is 0 Å². The van der Waals surface area contributed by atoms with Gasteiger partial charge in [0.15, 0.2) is 0 Å². The summed E-state index contributed by atoms with van der Waals surface area (Å²) in [5.41, 5.74) is 1.87. The van der Waals surface area contributed by atoms with Crippen molar-refractivity contribution in [3.05, 3.63) is 41.6 Å². The molecule has 7 nitrogen and oxygen atoms in total. The second-order valence-corrected chi connectivity index (χ2v) is 10.3. The minimum Gasteiger partial charge on any atom is -0.354 e. The van der Waals surface area contributed by atoms with Crippen LogP contribution >= 0.6 is 0 Å². The van der Waals surface area contributed by atoms with E-state index in [2.05, 4.69) is 15.2 Å². The van der Waals surface area contributed by atoms with Crippen LogP contribution in [0, 0.1) is 13.8 Å². The number of rotatable bonds is 5. The van der Waals surface area contributed by atoms with Crippen molar-refractivity contribution in [3.8, 4) is 0 Å². The van der Waals surface area contributed by atoms with Gasteiger partial charge in [0.05, 0.1) is 4.90 Å². The highest BCUT2D eigenvalue weighted by molar-refractivity contribution is 7.89. The maximum Gasteiger partial charge on any atom is 0.243 e. The molecule has 0 radical (unpaired) electrons. The molecule has 2 aromatic rings. The molecule has 1 aromatic heterocycles. The van der Waals surface area contributed by atoms with Crippen LogP contribution in [0.5, 0.6) is 0 Å². The van der Waals surface area contributed by atoms with Crippen molar-refractivity contribution < 1.29 is 8.42 Å². The number of anilines is 2. The van der Waals surface area contributed by atoms with E-state index in [4.69, 9.17) is 4.98 Å². The van der Waals surface area contributed by atoms with E-state index in [0.717, 1.165) is 17.1 Å². The van der Waals surface area contributed by atoms with E-state index in [-0.39, 0.29) is 0 Å². The summed E-state index contributed by atoms with van der Waals surface area (Å²) in [6.07, 6.45) is 6.17. The Bertz CT molecular complexity index is 981. The van der Waals surface area contributed by atoms with Crippen molar-refractivity contribution >= 4 is 21.8 Å². The molecule has 8 heteroatoms. The van der Waals surface area contributed by atoms with E-state index in [1.54, 1.807) is 22.5 Å². The van der Waals surface area contributed by atoms with Crippen LogP contribution < -0.4 is 10.2 Å². The number of aromatic nitrogens is 2. The molecule has 2 aliphatic rings. The standard InChI is InChI=1S/C22H31N5O2S/c1-17-7-6-10-20(15-17)30(28,29)27-13-11-26(12-14-27)21-16-18(2)23-22(25-21)24-19-8-4-3-5-9-19/h6-7,10,15-16,19H,3-5,8-9,11-14H2,1-2H3,(H,23,24,25). The summed E-state index contributed by atoms with van der Waals surface area (Å²) in [6.45, 7) is 6.02. The molecule has 0 bridgehead atoms. The number of piperazine rings is 1. The predicted octanol–water partition coefficient (Wildman–Crippen LogP) is 3.35. The van der Waals surface area contributed by atoms with Gasteiger partial charge in [0.2, 0.25) is 16.0 Å². The quantitative estimate of drug-likeness (QED) is 0.785. The molecule has 2 heterocycles. The fourth-order valence-electron chi connectivity index (χ4n) is 4.29. The Morgan fingerprint density at radius 3 is 2.40 bits per heavy atom. The maximum absolute atomic E-state index is 13.0. The van der Waals surface area contributed by atoms with Gasteiger partial charge < -0.3 is 10.2 Å². The average Bonchev–Trinajstić information content (AvgIpc) is 2.74. The number of hydrogen-bond acceptors (Lipinski definition) is 6. The third-order valence-corrected chi connectivity index (χ3v) is 7.86. The van der Waals surface area contributed by atoms with Crippen LogP contribution in [0.2, 0.25) is 0 Å². The molecule has 0 unspecified atom stereocenters. The van der Waals surface area contributed by atoms with Crippen molar-refractivity contribution in [3.63, 3.8) is 0 Å². The van der Waals surface area contributed by atoms with Gasteiger partial charge in [-0.05, 0) is 44.4 Å². The second kappa shape index (κ2) is 8.89. The highest BCUT2D eigenvalue weighted by atomic mass is 32.2. The summed E-state index contributed by atoms with van der Waals surface area (Å²) in [5, 5.41) is 3.51. The molecule has 1 saturated carbocycles. The molecule has 0 amide bonds. The summed E-state index contributed by atoms with van der Waals surface area (Å²) in [4.78, 5) is 11.8. The Labute approximate surface area is 179 Å². The molecule has 1 N–H and O–H groups in total. The van der Waals surface area contributed by atoms with Crippen molar-refractivity contribution in [2.75, 3.05) is 36.4 Å². The van der Waals surface area contributed by atoms with Crippen LogP contribution in [0.1, 0.15) is 43.4 Å². The number of benzene rings is 1. The Kier molecular flexibility index (Phi) is 6.24. The number of hydrogen-bond donors (Lipinski definition) is 1. The summed E-state index contributed by atoms with van der Waals surface area (Å²) >= 11 is 0. The van der Waals surface area contributed by atoms with Crippen molar-refractivity contribution in [1.82, 2.24) is 14.3 Å². The van der Waals surface area contributed by atoms with E-state index < -0.39 is 10.0 Å². The SMILES string of the molecule is Cc1cccc(S(=O)(=O)N2CCN(c3cc(C)nc(NC4CCCCC4)n3)CC2)c1. The molecule has 162 valence electrons. The molecule has 1 aliphatic heterocycles. The largest absolute Gasteiger partial charge is 0.354 e. The Morgan fingerprint density at radius 2 is 1.70 bits per heavy atom. The summed E-state index contributed by atoms with van der Waals surface area (Å²) in [7, 11) is -3.46. The van der Waals surface area contributed by atoms with E-state index in [9.17, 15) is 8.42 Å². The highest BCUT2D eigenvalue weighted by Crippen LogP contribution is 2.24. The fraction of sp³-hybridized carbons (Fsp3) is 0.545. The van der Waals surface area contributed by atoms with Gasteiger partial charge in [-0.3, -0.25) is 0 Å². The number of aryl methyl sites for hydroxylation is 2. The lowest BCUT2D eigenvalue weighted by atomic mass is 9.96. The van der Waals surface area contributed by atoms with Crippen molar-refractivity contribution in [1.29, 1.82) is 0 Å². The first-order chi connectivity index (χ1) is 14.4. The molecule has 0 spiro atoms. The zero-order valence-corrected chi connectivity index (χ0v) is 18.7. The van der Waals surface area contributed by atoms with Crippen molar-refractivity contribution in [2.45, 2.75) is 56.9 Å². The van der Waals surface area contributed by atoms with Gasteiger partial charge in [-0.15, -0.1) is 0 Å². The molecule has 1 aliphatic carbocycles. The average molecular weight is 430 g/mol. The van der Waals surface area contributed by atoms with Gasteiger partial charge >= 0.3 is 0 Å². The Balaban J connectivity index is 1.43. The van der Waals surface area contributed by atoms with E-state index in [0.29, 0.717) is 43.1 Å². The zero-order chi connectivity index (χ0) is 21.1. The summed E-state index contributed by atoms with van der Waals surface area (Å²) in [6, 6.07) is 9.54. The van der Waals surface area contributed by atoms with Gasteiger partial charge in [-0.25, -0.2) is 13.4 Å². The van der Waals surface area contributed by atoms with E-state index >= 15 is 0 Å². The molecular formula is C22H31N5O2S. The smallest absolute Gasteiger partial charge is 0.243 e. The fourth-order valence-corrected chi connectivity index (χ4v) is 5.82. The third-order valence-electron chi connectivity index (χ3n) is 5.97. The molecule has 1 saturated heterocycles. The minimum absolute atomic E-state index is 0.368. The first-order valence-electron chi connectivity index (χ1n) is 10.9. The first-order valence-corrected chi connectivity index (χ1v) is 12.3. The maximum atomic E-state index is 13.0. The third kappa shape index (κ3) is 4.75. The second-order valence-electron chi connectivity index (χ2n) is 8.38. The monoisotopic (exact) mass is 429 g/mol. The van der Waals surface area contributed by atoms with Crippen LogP contribution in [-0.4, -0.2) is 54.9 Å². The Morgan fingerprint density at radius 1 is 0.967 bits per heavy atom. The lowest BCUT2D eigenvalue weighted by Gasteiger charge is -2.35. The van der Waals surface area contributed by atoms with E-state index in [1.807, 2.05) is 26.0 Å². The van der Waals surface area contributed by atoms with Crippen LogP contribution in [0.4, 0.5) is 11.8 Å². The molecule has 2 fully saturated rings. The molecule has 30 heavy (non-hydrogen) atoms. The van der Waals surface area contributed by atoms with Crippen molar-refractivity contribution in [2.24, 2.45) is 0 Å². The number of sulfonamides is 1. The molecule has 4 rings (SSSR count). The van der Waals surface area contributed by atoms with Gasteiger partial charge in [-0.2, -0.15) is 9.29 Å². The van der Waals surface area contributed by atoms with Gasteiger partial charge in [-0.1, -0.05) is 31.4 Å². The molecular weight excluding hydrogens is 398 g/mol. The lowest BCUT2D eigenvalue weighted by molar-refractivity contribution is 0.383. The first kappa shape index (κ1) is 21.1. The number of nitrogens with one attached hydrogen (secondary N) is 1. The van der Waals surface area contributed by atoms with Gasteiger partial charge in [0, 0.05) is 44.0 Å². The van der Waals surface area contributed by atoms with Crippen LogP contribution in [0.15, 0.2) is 35.2 Å². The zero-order valence-electron chi connectivity index (χ0n) is 17.8. The Hall–Kier alpha value is -2.19. The van der Waals surface area contributed by atoms with Gasteiger partial charge in [0.1, 0.15) is 5.82 Å². The van der Waals surface area contributed by atoms with E-state index in [1.165, 1.54) is 32.1 Å². The predicted molar refractivity (Wildman–Crippen MR) is 119 cm³/mol. The highest BCUT2D eigenvalue weighted by Gasteiger charge is 2.29. The lowest BCUT2D eigenvalue weighted by Crippen LogP contribution is -2.49. The normalized spacial score (nSPS) is 19.1. The molecule has 1 aromatic carbocycles.